The van der Waals surface area contributed by atoms with Crippen molar-refractivity contribution in [3.05, 3.63) is 94.0 Å². The molecule has 0 unspecified atom stereocenters. The van der Waals surface area contributed by atoms with Crippen LogP contribution in [0.4, 0.5) is 22.7 Å². The van der Waals surface area contributed by atoms with E-state index in [4.69, 9.17) is 31.7 Å². The van der Waals surface area contributed by atoms with Gasteiger partial charge in [-0.2, -0.15) is 4.99 Å². The first-order valence-corrected chi connectivity index (χ1v) is 14.6. The molecular weight excluding hydrogens is 605 g/mol. The van der Waals surface area contributed by atoms with Gasteiger partial charge in [0.1, 0.15) is 5.04 Å². The third-order valence-corrected chi connectivity index (χ3v) is 7.28. The Morgan fingerprint density at radius 2 is 1.36 bits per heavy atom. The molecule has 1 saturated heterocycles. The van der Waals surface area contributed by atoms with E-state index in [1.807, 2.05) is 0 Å². The van der Waals surface area contributed by atoms with Crippen molar-refractivity contribution < 1.29 is 24.0 Å². The number of nitro groups is 1. The van der Waals surface area contributed by atoms with Gasteiger partial charge in [-0.25, -0.2) is 19.6 Å². The molecular formula is C30H28N6O6S2. The summed E-state index contributed by atoms with van der Waals surface area (Å²) in [6, 6.07) is 19.1. The number of carbonyl (C=O) groups excluding carboxylic acids is 2. The predicted octanol–water partition coefficient (Wildman–Crippen LogP) is 6.16. The normalized spacial score (nSPS) is 15.5. The average molecular weight is 633 g/mol. The minimum absolute atomic E-state index is 0.0773. The first kappa shape index (κ1) is 32.0. The SMILES string of the molecule is CCOC(=O)c1ccc(N=C2SC(=NC(=S)N(C)C)N(c3ccc([N+](=O)[O-])cc3)C2=Nc2ccc(C(=O)OCC)cc2)cc1. The number of thiocarbonyl (C=S) groups is 1. The molecule has 0 radical (unpaired) electrons. The van der Waals surface area contributed by atoms with Crippen molar-refractivity contribution in [3.8, 4) is 0 Å². The summed E-state index contributed by atoms with van der Waals surface area (Å²) in [6.45, 7) is 3.98. The van der Waals surface area contributed by atoms with E-state index in [0.29, 0.717) is 44.2 Å². The second-order valence-corrected chi connectivity index (χ2v) is 10.5. The summed E-state index contributed by atoms with van der Waals surface area (Å²) in [4.78, 5) is 52.8. The number of nitro benzene ring substituents is 1. The van der Waals surface area contributed by atoms with Gasteiger partial charge in [0.2, 0.25) is 0 Å². The van der Waals surface area contributed by atoms with Gasteiger partial charge < -0.3 is 14.4 Å². The maximum absolute atomic E-state index is 12.2. The molecule has 4 rings (SSSR count). The van der Waals surface area contributed by atoms with E-state index in [-0.39, 0.29) is 24.0 Å². The van der Waals surface area contributed by atoms with Crippen LogP contribution in [0.3, 0.4) is 0 Å². The molecule has 0 aliphatic carbocycles. The lowest BCUT2D eigenvalue weighted by atomic mass is 10.2. The van der Waals surface area contributed by atoms with Gasteiger partial charge in [-0.05, 0) is 98.5 Å². The number of aliphatic imine (C=N–C) groups is 3. The number of benzene rings is 3. The van der Waals surface area contributed by atoms with Gasteiger partial charge in [-0.1, -0.05) is 0 Å². The van der Waals surface area contributed by atoms with Crippen LogP contribution in [0.2, 0.25) is 0 Å². The van der Waals surface area contributed by atoms with Crippen LogP contribution in [0.15, 0.2) is 87.8 Å². The Bertz CT molecular complexity index is 1650. The van der Waals surface area contributed by atoms with E-state index >= 15 is 0 Å². The molecule has 0 atom stereocenters. The van der Waals surface area contributed by atoms with E-state index < -0.39 is 16.9 Å². The van der Waals surface area contributed by atoms with E-state index in [2.05, 4.69) is 4.99 Å². The fraction of sp³-hybridized carbons (Fsp3) is 0.200. The van der Waals surface area contributed by atoms with Gasteiger partial charge in [0, 0.05) is 26.2 Å². The molecule has 1 heterocycles. The Morgan fingerprint density at radius 3 is 1.82 bits per heavy atom. The second kappa shape index (κ2) is 14.5. The van der Waals surface area contributed by atoms with Gasteiger partial charge in [0.25, 0.3) is 5.69 Å². The van der Waals surface area contributed by atoms with Crippen LogP contribution < -0.4 is 4.90 Å². The molecule has 0 N–H and O–H groups in total. The molecule has 0 spiro atoms. The number of nitrogens with zero attached hydrogens (tertiary/aromatic N) is 6. The van der Waals surface area contributed by atoms with Gasteiger partial charge in [0.05, 0.1) is 46.3 Å². The summed E-state index contributed by atoms with van der Waals surface area (Å²) in [7, 11) is 3.53. The van der Waals surface area contributed by atoms with Crippen LogP contribution >= 0.6 is 24.0 Å². The van der Waals surface area contributed by atoms with Crippen molar-refractivity contribution >= 4 is 79.8 Å². The molecule has 0 bridgehead atoms. The number of hydrogen-bond donors (Lipinski definition) is 0. The minimum Gasteiger partial charge on any atom is -0.462 e. The number of carbonyl (C=O) groups is 2. The van der Waals surface area contributed by atoms with Crippen molar-refractivity contribution in [1.82, 2.24) is 4.90 Å². The highest BCUT2D eigenvalue weighted by Crippen LogP contribution is 2.34. The molecule has 44 heavy (non-hydrogen) atoms. The number of rotatable bonds is 8. The van der Waals surface area contributed by atoms with E-state index in [1.54, 1.807) is 98.4 Å². The molecule has 3 aromatic rings. The van der Waals surface area contributed by atoms with Crippen LogP contribution in [0.25, 0.3) is 0 Å². The monoisotopic (exact) mass is 632 g/mol. The Morgan fingerprint density at radius 1 is 0.864 bits per heavy atom. The summed E-state index contributed by atoms with van der Waals surface area (Å²) in [6.07, 6.45) is 0. The maximum atomic E-state index is 12.2. The smallest absolute Gasteiger partial charge is 0.338 e. The first-order chi connectivity index (χ1) is 21.1. The second-order valence-electron chi connectivity index (χ2n) is 9.17. The molecule has 226 valence electrons. The van der Waals surface area contributed by atoms with E-state index in [0.717, 1.165) is 0 Å². The number of anilines is 1. The number of esters is 2. The summed E-state index contributed by atoms with van der Waals surface area (Å²) < 4.78 is 10.1. The molecule has 3 aromatic carbocycles. The van der Waals surface area contributed by atoms with Gasteiger partial charge in [0.15, 0.2) is 16.1 Å². The molecule has 1 fully saturated rings. The quantitative estimate of drug-likeness (QED) is 0.123. The van der Waals surface area contributed by atoms with Crippen LogP contribution in [-0.4, -0.2) is 70.2 Å². The standard InChI is InChI=1S/C30H28N6O6S2/c1-5-41-27(37)19-7-11-21(12-8-19)31-25-26(32-22-13-9-20(10-14-22)28(38)42-6-2)44-30(33-29(43)34(3)4)35(25)23-15-17-24(18-16-23)36(39)40/h7-18H,5-6H2,1-4H3. The first-order valence-electron chi connectivity index (χ1n) is 13.4. The van der Waals surface area contributed by atoms with Crippen LogP contribution in [0.5, 0.6) is 0 Å². The predicted molar refractivity (Wildman–Crippen MR) is 176 cm³/mol. The number of amidine groups is 2. The Labute approximate surface area is 263 Å². The highest BCUT2D eigenvalue weighted by atomic mass is 32.2. The zero-order valence-electron chi connectivity index (χ0n) is 24.3. The fourth-order valence-electron chi connectivity index (χ4n) is 3.76. The zero-order valence-corrected chi connectivity index (χ0v) is 25.9. The van der Waals surface area contributed by atoms with E-state index in [1.165, 1.54) is 23.9 Å². The summed E-state index contributed by atoms with van der Waals surface area (Å²) in [5, 5.41) is 12.5. The van der Waals surface area contributed by atoms with Gasteiger partial charge >= 0.3 is 11.9 Å². The lowest BCUT2D eigenvalue weighted by Gasteiger charge is -2.19. The highest BCUT2D eigenvalue weighted by molar-refractivity contribution is 8.29. The van der Waals surface area contributed by atoms with Crippen LogP contribution in [0.1, 0.15) is 34.6 Å². The third kappa shape index (κ3) is 7.71. The fourth-order valence-corrected chi connectivity index (χ4v) is 4.87. The van der Waals surface area contributed by atoms with E-state index in [9.17, 15) is 19.7 Å². The molecule has 14 heteroatoms. The topological polar surface area (TPSA) is 139 Å². The largest absolute Gasteiger partial charge is 0.462 e. The molecule has 1 aliphatic rings. The molecule has 0 saturated carbocycles. The Kier molecular flexibility index (Phi) is 10.5. The highest BCUT2D eigenvalue weighted by Gasteiger charge is 2.35. The summed E-state index contributed by atoms with van der Waals surface area (Å²) >= 11 is 6.68. The molecule has 12 nitrogen and oxygen atoms in total. The molecule has 0 aromatic heterocycles. The zero-order chi connectivity index (χ0) is 31.8. The third-order valence-electron chi connectivity index (χ3n) is 5.90. The number of non-ortho nitro benzene ring substituents is 1. The lowest BCUT2D eigenvalue weighted by Crippen LogP contribution is -2.32. The van der Waals surface area contributed by atoms with Crippen molar-refractivity contribution in [1.29, 1.82) is 0 Å². The molecule has 1 aliphatic heterocycles. The summed E-state index contributed by atoms with van der Waals surface area (Å²) in [5.41, 5.74) is 2.25. The van der Waals surface area contributed by atoms with Crippen molar-refractivity contribution in [2.45, 2.75) is 13.8 Å². The van der Waals surface area contributed by atoms with Gasteiger partial charge in [-0.15, -0.1) is 0 Å². The van der Waals surface area contributed by atoms with Gasteiger partial charge in [-0.3, -0.25) is 15.0 Å². The Hall–Kier alpha value is -4.95. The van der Waals surface area contributed by atoms with Crippen molar-refractivity contribution in [3.63, 3.8) is 0 Å². The minimum atomic E-state index is -0.481. The maximum Gasteiger partial charge on any atom is 0.338 e. The molecule has 0 amide bonds. The van der Waals surface area contributed by atoms with Crippen LogP contribution in [-0.2, 0) is 9.47 Å². The van der Waals surface area contributed by atoms with Crippen molar-refractivity contribution in [2.75, 3.05) is 32.2 Å². The summed E-state index contributed by atoms with van der Waals surface area (Å²) in [5.74, 6) is -0.523. The number of ether oxygens (including phenoxy) is 2. The number of thioether (sulfide) groups is 1. The number of hydrogen-bond acceptors (Lipinski definition) is 10. The van der Waals surface area contributed by atoms with Crippen molar-refractivity contribution in [2.24, 2.45) is 15.0 Å². The Balaban J connectivity index is 1.86. The lowest BCUT2D eigenvalue weighted by molar-refractivity contribution is -0.384. The average Bonchev–Trinajstić information content (AvgIpc) is 3.33. The van der Waals surface area contributed by atoms with Crippen LogP contribution in [0, 0.1) is 10.1 Å².